The maximum atomic E-state index is 15.7. The largest absolute Gasteiger partial charge is 0.369 e. The van der Waals surface area contributed by atoms with Crippen LogP contribution in [0.3, 0.4) is 0 Å². The molecule has 1 amide bonds. The van der Waals surface area contributed by atoms with Gasteiger partial charge in [0.05, 0.1) is 16.9 Å². The van der Waals surface area contributed by atoms with Crippen LogP contribution >= 0.6 is 0 Å². The van der Waals surface area contributed by atoms with Gasteiger partial charge in [0.2, 0.25) is 11.7 Å². The minimum absolute atomic E-state index is 0.00896. The Hall–Kier alpha value is -6.64. The molecule has 62 heavy (non-hydrogen) atoms. The summed E-state index contributed by atoms with van der Waals surface area (Å²) < 4.78 is 88.8. The second kappa shape index (κ2) is 17.4. The van der Waals surface area contributed by atoms with E-state index in [1.165, 1.54) is 24.5 Å². The molecule has 0 aliphatic carbocycles. The first-order valence-corrected chi connectivity index (χ1v) is 21.0. The van der Waals surface area contributed by atoms with E-state index in [1.54, 1.807) is 18.3 Å². The van der Waals surface area contributed by atoms with Gasteiger partial charge in [-0.05, 0) is 60.4 Å². The molecule has 2 aliphatic heterocycles. The normalized spacial score (nSPS) is 16.2. The van der Waals surface area contributed by atoms with Gasteiger partial charge in [0.25, 0.3) is 5.56 Å². The molecule has 5 heterocycles. The molecule has 0 saturated carbocycles. The third-order valence-corrected chi connectivity index (χ3v) is 12.4. The molecule has 1 atom stereocenters. The Balaban J connectivity index is 0.863. The Morgan fingerprint density at radius 3 is 2.34 bits per heavy atom. The van der Waals surface area contributed by atoms with Crippen LogP contribution in [-0.2, 0) is 28.0 Å². The van der Waals surface area contributed by atoms with Gasteiger partial charge in [-0.2, -0.15) is 12.7 Å². The number of piperazine rings is 1. The highest BCUT2D eigenvalue weighted by molar-refractivity contribution is 7.90. The van der Waals surface area contributed by atoms with E-state index < -0.39 is 81.1 Å². The maximum absolute atomic E-state index is 15.7. The summed E-state index contributed by atoms with van der Waals surface area (Å²) in [6.45, 7) is 2.66. The minimum Gasteiger partial charge on any atom is -0.369 e. The number of aromatic nitrogens is 4. The van der Waals surface area contributed by atoms with Gasteiger partial charge in [-0.1, -0.05) is 24.3 Å². The molecule has 2 fully saturated rings. The lowest BCUT2D eigenvalue weighted by atomic mass is 9.99. The fourth-order valence-electron chi connectivity index (χ4n) is 7.53. The van der Waals surface area contributed by atoms with E-state index in [4.69, 9.17) is 0 Å². The fourth-order valence-corrected chi connectivity index (χ4v) is 8.80. The maximum Gasteiger partial charge on any atom is 0.328 e. The van der Waals surface area contributed by atoms with E-state index >= 15 is 13.2 Å². The smallest absolute Gasteiger partial charge is 0.328 e. The number of hydrogen-bond acceptors (Lipinski definition) is 9. The summed E-state index contributed by atoms with van der Waals surface area (Å²) in [5.74, 6) is -4.87. The first kappa shape index (κ1) is 42.1. The van der Waals surface area contributed by atoms with Gasteiger partial charge in [0, 0.05) is 92.7 Å². The lowest BCUT2D eigenvalue weighted by molar-refractivity contribution is -0.116. The number of pyridine rings is 1. The second-order valence-electron chi connectivity index (χ2n) is 15.0. The van der Waals surface area contributed by atoms with Crippen LogP contribution in [0.25, 0.3) is 22.2 Å². The predicted octanol–water partition coefficient (Wildman–Crippen LogP) is 4.43. The summed E-state index contributed by atoms with van der Waals surface area (Å²) in [4.78, 5) is 62.9. The summed E-state index contributed by atoms with van der Waals surface area (Å²) >= 11 is 0. The van der Waals surface area contributed by atoms with Crippen molar-refractivity contribution < 1.29 is 35.6 Å². The average Bonchev–Trinajstić information content (AvgIpc) is 3.90. The fraction of sp³-hybridized carbons (Fsp3) is 0.262. The van der Waals surface area contributed by atoms with Crippen LogP contribution in [0.15, 0.2) is 94.9 Å². The number of rotatable bonds is 13. The molecule has 2 saturated heterocycles. The summed E-state index contributed by atoms with van der Waals surface area (Å²) in [5.41, 5.74) is 0.418. The Morgan fingerprint density at radius 2 is 1.63 bits per heavy atom. The van der Waals surface area contributed by atoms with Crippen LogP contribution in [0.4, 0.5) is 34.6 Å². The van der Waals surface area contributed by atoms with Gasteiger partial charge in [0.15, 0.2) is 5.82 Å². The van der Waals surface area contributed by atoms with E-state index in [2.05, 4.69) is 30.1 Å². The molecule has 322 valence electrons. The van der Waals surface area contributed by atoms with E-state index in [1.807, 2.05) is 29.0 Å². The number of hydrogen-bond donors (Lipinski definition) is 4. The Kier molecular flexibility index (Phi) is 11.8. The highest BCUT2D eigenvalue weighted by Crippen LogP contribution is 2.31. The zero-order chi connectivity index (χ0) is 43.7. The van der Waals surface area contributed by atoms with Crippen molar-refractivity contribution in [2.75, 3.05) is 60.8 Å². The second-order valence-corrected chi connectivity index (χ2v) is 16.7. The van der Waals surface area contributed by atoms with Crippen molar-refractivity contribution in [3.63, 3.8) is 0 Å². The quantitative estimate of drug-likeness (QED) is 0.0963. The van der Waals surface area contributed by atoms with Crippen LogP contribution in [0.1, 0.15) is 27.9 Å². The average molecular weight is 874 g/mol. The number of fused-ring (bicyclic) bond motifs is 1. The molecule has 8 rings (SSSR count). The number of ketones is 1. The third kappa shape index (κ3) is 9.02. The number of amides is 1. The van der Waals surface area contributed by atoms with E-state index in [0.29, 0.717) is 35.4 Å². The van der Waals surface area contributed by atoms with Crippen molar-refractivity contribution in [2.45, 2.75) is 25.6 Å². The van der Waals surface area contributed by atoms with Crippen LogP contribution in [0.5, 0.6) is 0 Å². The molecule has 0 radical (unpaired) electrons. The molecule has 0 bridgehead atoms. The molecular weight excluding hydrogens is 835 g/mol. The molecule has 0 spiro atoms. The van der Waals surface area contributed by atoms with E-state index in [9.17, 15) is 32.0 Å². The number of benzene rings is 3. The van der Waals surface area contributed by atoms with Crippen molar-refractivity contribution in [1.82, 2.24) is 28.7 Å². The number of nitrogens with zero attached hydrogens (tertiary/aromatic N) is 5. The van der Waals surface area contributed by atoms with E-state index in [0.717, 1.165) is 64.3 Å². The molecule has 4 N–H and O–H groups in total. The van der Waals surface area contributed by atoms with Crippen LogP contribution in [0, 0.1) is 17.5 Å². The molecule has 2 aliphatic rings. The lowest BCUT2D eigenvalue weighted by Gasteiger charge is -2.36. The number of alkyl halides is 1. The number of H-pyrrole nitrogens is 2. The number of halogens is 4. The van der Waals surface area contributed by atoms with Gasteiger partial charge < -0.3 is 15.2 Å². The summed E-state index contributed by atoms with van der Waals surface area (Å²) in [6.07, 6.45) is 3.46. The monoisotopic (exact) mass is 873 g/mol. The SMILES string of the molecule is O=C(Cn1ccc(=O)[nH]c1=O)Nc1ccc(N2CCN(CCc3ccc(-c4cnc5[nH]cc(C(=O)c6c(F)ccc(NS(=O)(=O)N7CC[C@@H](F)C7)c6F)c5c4)cc3)CC2)cc1F. The standard InChI is InChI=1S/C42H39F4N9O6S/c43-28-10-14-55(23-28)62(60,61)51-35-8-6-32(44)38(39(35)46)40(58)31-22-48-41-30(31)19-27(21-47-41)26-3-1-25(2-4-26)9-12-52-15-17-53(18-16-52)29-5-7-34(33(45)20-29)49-37(57)24-54-13-11-36(56)50-42(54)59/h1-8,11,13,19-22,28,51H,9-10,12,14-18,23-24H2,(H,47,48)(H,49,57)(H,50,56,59)/t28-/m1/s1. The third-order valence-electron chi connectivity index (χ3n) is 10.9. The molecule has 3 aromatic carbocycles. The molecule has 20 heteroatoms. The molecular formula is C42H39F4N9O6S. The van der Waals surface area contributed by atoms with Gasteiger partial charge in [0.1, 0.15) is 30.0 Å². The predicted molar refractivity (Wildman–Crippen MR) is 224 cm³/mol. The highest BCUT2D eigenvalue weighted by atomic mass is 32.2. The molecule has 0 unspecified atom stereocenters. The van der Waals surface area contributed by atoms with Crippen LogP contribution in [-0.4, -0.2) is 101 Å². The van der Waals surface area contributed by atoms with Crippen molar-refractivity contribution >= 4 is 50.0 Å². The first-order chi connectivity index (χ1) is 29.7. The van der Waals surface area contributed by atoms with Crippen molar-refractivity contribution in [2.24, 2.45) is 0 Å². The molecule has 15 nitrogen and oxygen atoms in total. The first-order valence-electron chi connectivity index (χ1n) is 19.6. The Bertz CT molecular complexity index is 2920. The summed E-state index contributed by atoms with van der Waals surface area (Å²) in [7, 11) is -4.37. The van der Waals surface area contributed by atoms with E-state index in [-0.39, 0.29) is 24.2 Å². The van der Waals surface area contributed by atoms with Crippen LogP contribution in [0.2, 0.25) is 0 Å². The Morgan fingerprint density at radius 1 is 0.871 bits per heavy atom. The topological polar surface area (TPSA) is 186 Å². The zero-order valence-electron chi connectivity index (χ0n) is 32.8. The van der Waals surface area contributed by atoms with Crippen molar-refractivity contribution in [1.29, 1.82) is 0 Å². The lowest BCUT2D eigenvalue weighted by Crippen LogP contribution is -2.47. The number of anilines is 3. The van der Waals surface area contributed by atoms with Crippen LogP contribution < -0.4 is 26.2 Å². The summed E-state index contributed by atoms with van der Waals surface area (Å²) in [5, 5.41) is 2.76. The highest BCUT2D eigenvalue weighted by Gasteiger charge is 2.33. The summed E-state index contributed by atoms with van der Waals surface area (Å²) in [6, 6.07) is 16.8. The van der Waals surface area contributed by atoms with Crippen molar-refractivity contribution in [3.05, 3.63) is 140 Å². The Labute approximate surface area is 351 Å². The van der Waals surface area contributed by atoms with Gasteiger partial charge >= 0.3 is 15.9 Å². The van der Waals surface area contributed by atoms with Gasteiger partial charge in [-0.25, -0.2) is 27.3 Å². The van der Waals surface area contributed by atoms with Gasteiger partial charge in [-0.3, -0.25) is 33.6 Å². The minimum atomic E-state index is -4.37. The number of nitrogens with one attached hydrogen (secondary N) is 4. The van der Waals surface area contributed by atoms with Crippen molar-refractivity contribution in [3.8, 4) is 11.1 Å². The number of carbonyl (C=O) groups is 2. The number of aromatic amines is 2. The number of carbonyl (C=O) groups excluding carboxylic acids is 2. The van der Waals surface area contributed by atoms with Gasteiger partial charge in [-0.15, -0.1) is 0 Å². The zero-order valence-corrected chi connectivity index (χ0v) is 33.7. The molecule has 6 aromatic rings. The molecule has 3 aromatic heterocycles.